The van der Waals surface area contributed by atoms with Gasteiger partial charge in [0.2, 0.25) is 65.0 Å². The molecule has 10 atom stereocenters. The van der Waals surface area contributed by atoms with Gasteiger partial charge in [-0.1, -0.05) is 111 Å². The Morgan fingerprint density at radius 3 is 1.48 bits per heavy atom. The number of aliphatic hydroxyl groups excluding tert-OH is 1. The highest BCUT2D eigenvalue weighted by molar-refractivity contribution is 6.00. The second-order valence-corrected chi connectivity index (χ2v) is 23.4. The van der Waals surface area contributed by atoms with Gasteiger partial charge in [0.25, 0.3) is 0 Å². The molecule has 0 aromatic carbocycles. The molecular weight excluding hydrogens is 1190 g/mol. The summed E-state index contributed by atoms with van der Waals surface area (Å²) in [5.41, 5.74) is 0. The third-order valence-corrected chi connectivity index (χ3v) is 16.0. The number of aliphatic hydroxyl groups is 1. The number of carboxylic acids is 3. The highest BCUT2D eigenvalue weighted by atomic mass is 16.4. The van der Waals surface area contributed by atoms with Crippen LogP contribution in [-0.4, -0.2) is 219 Å². The Hall–Kier alpha value is -8.19. The molecule has 3 aliphatic rings. The molecule has 3 aliphatic heterocycles. The van der Waals surface area contributed by atoms with Crippen molar-refractivity contribution in [1.29, 1.82) is 0 Å². The van der Waals surface area contributed by atoms with E-state index in [4.69, 9.17) is 0 Å². The van der Waals surface area contributed by atoms with Crippen LogP contribution in [0.3, 0.4) is 0 Å². The summed E-state index contributed by atoms with van der Waals surface area (Å²) in [5, 5.41) is 65.1. The molecule has 3 rings (SSSR count). The Bertz CT molecular complexity index is 2520. The first-order valence-electron chi connectivity index (χ1n) is 31.9. The maximum Gasteiger partial charge on any atom is 0.315 e. The molecule has 0 saturated carbocycles. The molecular formula is C59H97N13O19. The minimum absolute atomic E-state index is 0.0158. The van der Waals surface area contributed by atoms with Gasteiger partial charge in [0, 0.05) is 26.2 Å². The van der Waals surface area contributed by atoms with E-state index in [-0.39, 0.29) is 45.3 Å². The number of hydrogen-bond acceptors (Lipinski definition) is 16. The predicted octanol–water partition coefficient (Wildman–Crippen LogP) is -1.74. The van der Waals surface area contributed by atoms with Gasteiger partial charge < -0.3 is 88.7 Å². The molecule has 32 nitrogen and oxygen atoms in total. The quantitative estimate of drug-likeness (QED) is 0.0406. The lowest BCUT2D eigenvalue weighted by molar-refractivity contribution is -0.146. The van der Waals surface area contributed by atoms with E-state index in [0.717, 1.165) is 43.9 Å². The molecule has 32 heteroatoms. The molecule has 512 valence electrons. The van der Waals surface area contributed by atoms with Gasteiger partial charge in [-0.3, -0.25) is 67.1 Å². The first-order chi connectivity index (χ1) is 43.3. The lowest BCUT2D eigenvalue weighted by atomic mass is 9.96. The summed E-state index contributed by atoms with van der Waals surface area (Å²) >= 11 is 0. The molecule has 3 saturated heterocycles. The van der Waals surface area contributed by atoms with Crippen LogP contribution in [0.25, 0.3) is 0 Å². The average molecular weight is 1290 g/mol. The first-order valence-corrected chi connectivity index (χ1v) is 31.9. The minimum Gasteiger partial charge on any atom is -0.481 e. The van der Waals surface area contributed by atoms with Gasteiger partial charge in [0.15, 0.2) is 0 Å². The zero-order chi connectivity index (χ0) is 67.6. The van der Waals surface area contributed by atoms with Crippen LogP contribution in [0.1, 0.15) is 175 Å². The van der Waals surface area contributed by atoms with Crippen LogP contribution in [0.15, 0.2) is 0 Å². The second kappa shape index (κ2) is 41.2. The monoisotopic (exact) mass is 1290 g/mol. The van der Waals surface area contributed by atoms with Crippen molar-refractivity contribution in [3.8, 4) is 0 Å². The van der Waals surface area contributed by atoms with Gasteiger partial charge in [-0.25, -0.2) is 4.79 Å². The maximum absolute atomic E-state index is 14.8. The fourth-order valence-corrected chi connectivity index (χ4v) is 10.7. The molecule has 0 spiro atoms. The predicted molar refractivity (Wildman–Crippen MR) is 324 cm³/mol. The number of rotatable bonds is 27. The summed E-state index contributed by atoms with van der Waals surface area (Å²) in [6.07, 6.45) is 12.1. The number of piperidine rings is 1. The molecule has 0 unspecified atom stereocenters. The summed E-state index contributed by atoms with van der Waals surface area (Å²) in [6, 6.07) is -14.1. The van der Waals surface area contributed by atoms with Crippen LogP contribution in [0.5, 0.6) is 0 Å². The van der Waals surface area contributed by atoms with Gasteiger partial charge in [-0.2, -0.15) is 0 Å². The van der Waals surface area contributed by atoms with E-state index in [1.54, 1.807) is 13.8 Å². The summed E-state index contributed by atoms with van der Waals surface area (Å²) in [6.45, 7) is 3.07. The van der Waals surface area contributed by atoms with Gasteiger partial charge in [0.1, 0.15) is 48.3 Å². The SMILES string of the molecule is CCCCCCCCCCCCCCCCNC(=O)N[C@@H](CC(=O)O)C(=O)N[C@H]1CNC(=O)[C@@H]2CCCN2C(=O)[C@H]([C@@H](C)CC)NC(=O)[C@H]([C@@H](C)O)NC(=O)CNC(=O)[C@H](CC(=O)O)NC(=O)CNC(=O)[C@H](CC(=O)O)NC(=O)CNC(=O)[C@@H]2CCCCN2C1=O. The number of carboxylic acid groups (broad SMARTS) is 3. The summed E-state index contributed by atoms with van der Waals surface area (Å²) < 4.78 is 0. The number of urea groups is 1. The Morgan fingerprint density at radius 2 is 0.989 bits per heavy atom. The molecule has 15 N–H and O–H groups in total. The number of carbonyl (C=O) groups is 15. The van der Waals surface area contributed by atoms with E-state index < -0.39 is 195 Å². The van der Waals surface area contributed by atoms with Crippen molar-refractivity contribution >= 4 is 88.9 Å². The molecule has 3 fully saturated rings. The third kappa shape index (κ3) is 28.3. The average Bonchev–Trinajstić information content (AvgIpc) is 2.08. The number of hydrogen-bond donors (Lipinski definition) is 15. The lowest BCUT2D eigenvalue weighted by Gasteiger charge is -2.37. The number of carbonyl (C=O) groups excluding carboxylic acids is 12. The van der Waals surface area contributed by atoms with Gasteiger partial charge in [-0.05, 0) is 51.4 Å². The molecule has 0 bridgehead atoms. The number of fused-ring (bicyclic) bond motifs is 2. The zero-order valence-corrected chi connectivity index (χ0v) is 52.8. The first kappa shape index (κ1) is 77.1. The third-order valence-electron chi connectivity index (χ3n) is 16.0. The Labute approximate surface area is 529 Å². The van der Waals surface area contributed by atoms with Gasteiger partial charge in [0.05, 0.1) is 45.0 Å². The maximum atomic E-state index is 14.8. The normalized spacial score (nSPS) is 23.5. The van der Waals surface area contributed by atoms with E-state index in [2.05, 4.69) is 65.4 Å². The Kier molecular flexibility index (Phi) is 34.9. The number of nitrogens with one attached hydrogen (secondary N) is 11. The highest BCUT2D eigenvalue weighted by Gasteiger charge is 2.43. The van der Waals surface area contributed by atoms with Crippen molar-refractivity contribution in [3.63, 3.8) is 0 Å². The van der Waals surface area contributed by atoms with Crippen molar-refractivity contribution in [2.45, 2.75) is 230 Å². The molecule has 0 aliphatic carbocycles. The topological polar surface area (TPSA) is 476 Å². The van der Waals surface area contributed by atoms with Crippen molar-refractivity contribution in [1.82, 2.24) is 68.3 Å². The van der Waals surface area contributed by atoms with E-state index >= 15 is 0 Å². The van der Waals surface area contributed by atoms with Crippen molar-refractivity contribution in [3.05, 3.63) is 0 Å². The Balaban J connectivity index is 1.95. The Morgan fingerprint density at radius 1 is 0.527 bits per heavy atom. The van der Waals surface area contributed by atoms with Gasteiger partial charge >= 0.3 is 23.9 Å². The number of amides is 13. The second-order valence-electron chi connectivity index (χ2n) is 23.4. The van der Waals surface area contributed by atoms with Crippen molar-refractivity contribution < 1.29 is 92.3 Å². The standard InChI is InChI=1S/C59H97N13O19/c1-5-7-8-9-10-11-12-13-14-15-16-17-18-20-25-60-59(91)68-39(30-48(81)82)53(85)67-40-31-61-54(86)42-24-22-27-72(42)58(90)49(35(3)6-2)70-56(88)50(36(4)73)69-45(76)34-63-52(84)38(29-47(79)80)65-43(74)32-62-51(83)37(28-46(77)78)66-44(75)33-64-55(87)41-23-19-21-26-71(41)57(40)89/h35-42,49-50,73H,5-34H2,1-4H3,(H,61,86)(H,62,83)(H,63,84)(H,64,87)(H,65,74)(H,66,75)(H,67,85)(H,69,76)(H,70,88)(H,77,78)(H,79,80)(H,81,82)(H2,60,68,91)/t35-,36+,37-,38-,39-,40-,41-,42-,49-,50-/m0/s1. The van der Waals surface area contributed by atoms with Crippen molar-refractivity contribution in [2.24, 2.45) is 5.92 Å². The molecule has 0 radical (unpaired) electrons. The summed E-state index contributed by atoms with van der Waals surface area (Å²) in [5.74, 6) is -17.1. The molecule has 13 amide bonds. The van der Waals surface area contributed by atoms with Crippen LogP contribution in [0, 0.1) is 5.92 Å². The van der Waals surface area contributed by atoms with E-state index in [1.807, 2.05) is 0 Å². The zero-order valence-electron chi connectivity index (χ0n) is 52.8. The van der Waals surface area contributed by atoms with Crippen LogP contribution >= 0.6 is 0 Å². The van der Waals surface area contributed by atoms with E-state index in [0.29, 0.717) is 19.3 Å². The molecule has 0 aromatic rings. The number of unbranched alkanes of at least 4 members (excludes halogenated alkanes) is 13. The summed E-state index contributed by atoms with van der Waals surface area (Å²) in [7, 11) is 0. The van der Waals surface area contributed by atoms with Crippen molar-refractivity contribution in [2.75, 3.05) is 45.8 Å². The fourth-order valence-electron chi connectivity index (χ4n) is 10.7. The number of nitrogens with zero attached hydrogens (tertiary/aromatic N) is 2. The largest absolute Gasteiger partial charge is 0.481 e. The number of aliphatic carboxylic acids is 3. The molecule has 3 heterocycles. The minimum atomic E-state index is -1.90. The van der Waals surface area contributed by atoms with Crippen LogP contribution in [0.2, 0.25) is 0 Å². The molecule has 91 heavy (non-hydrogen) atoms. The molecule has 0 aromatic heterocycles. The van der Waals surface area contributed by atoms with Gasteiger partial charge in [-0.15, -0.1) is 0 Å². The van der Waals surface area contributed by atoms with Crippen LogP contribution in [0.4, 0.5) is 4.79 Å². The van der Waals surface area contributed by atoms with E-state index in [1.165, 1.54) is 56.3 Å². The van der Waals surface area contributed by atoms with Crippen LogP contribution in [-0.2, 0) is 67.1 Å². The smallest absolute Gasteiger partial charge is 0.315 e. The van der Waals surface area contributed by atoms with E-state index in [9.17, 15) is 92.3 Å². The highest BCUT2D eigenvalue weighted by Crippen LogP contribution is 2.23. The fraction of sp³-hybridized carbons (Fsp3) is 0.746. The lowest BCUT2D eigenvalue weighted by Crippen LogP contribution is -2.63. The summed E-state index contributed by atoms with van der Waals surface area (Å²) in [4.78, 5) is 203. The van der Waals surface area contributed by atoms with Crippen LogP contribution < -0.4 is 58.5 Å².